The SMILES string of the molecule is CC(C)(C)OCl.CCCN1C[C@@H](NC(=O)NCC)C=C2c3cccc4[nH]c(C)c(c34)C[C@H]21. The maximum absolute atomic E-state index is 12.1. The molecular weight excluding hydrogens is 424 g/mol. The van der Waals surface area contributed by atoms with Gasteiger partial charge in [0.05, 0.1) is 23.5 Å². The number of nitrogens with zero attached hydrogens (tertiary/aromatic N) is 1. The number of amides is 2. The van der Waals surface area contributed by atoms with Crippen LogP contribution in [0.1, 0.15) is 57.9 Å². The lowest BCUT2D eigenvalue weighted by Gasteiger charge is -2.42. The predicted octanol–water partition coefficient (Wildman–Crippen LogP) is 5.15. The number of carbonyl (C=O) groups is 1. The van der Waals surface area contributed by atoms with E-state index in [1.807, 2.05) is 27.7 Å². The van der Waals surface area contributed by atoms with Gasteiger partial charge >= 0.3 is 6.03 Å². The summed E-state index contributed by atoms with van der Waals surface area (Å²) in [5, 5.41) is 7.34. The van der Waals surface area contributed by atoms with E-state index in [1.165, 1.54) is 33.3 Å². The van der Waals surface area contributed by atoms with Crippen molar-refractivity contribution in [1.82, 2.24) is 20.5 Å². The normalized spacial score (nSPS) is 20.2. The number of urea groups is 1. The highest BCUT2D eigenvalue weighted by Gasteiger charge is 2.36. The Balaban J connectivity index is 0.000000427. The molecule has 1 aromatic heterocycles. The van der Waals surface area contributed by atoms with Crippen molar-refractivity contribution in [3.8, 4) is 0 Å². The van der Waals surface area contributed by atoms with Crippen LogP contribution in [0, 0.1) is 6.92 Å². The van der Waals surface area contributed by atoms with Crippen LogP contribution in [0.3, 0.4) is 0 Å². The van der Waals surface area contributed by atoms with Gasteiger partial charge in [-0.25, -0.2) is 4.79 Å². The van der Waals surface area contributed by atoms with Gasteiger partial charge in [0.15, 0.2) is 0 Å². The van der Waals surface area contributed by atoms with Crippen LogP contribution in [0.4, 0.5) is 4.79 Å². The summed E-state index contributed by atoms with van der Waals surface area (Å²) in [6.45, 7) is 14.6. The molecule has 0 fully saturated rings. The third-order valence-electron chi connectivity index (χ3n) is 5.86. The Kier molecular flexibility index (Phi) is 7.91. The number of halogens is 1. The quantitative estimate of drug-likeness (QED) is 0.590. The molecule has 1 aliphatic heterocycles. The number of rotatable bonds is 4. The van der Waals surface area contributed by atoms with Gasteiger partial charge in [-0.1, -0.05) is 25.1 Å². The second-order valence-electron chi connectivity index (χ2n) is 9.59. The molecule has 2 aliphatic rings. The third kappa shape index (κ3) is 5.48. The zero-order valence-electron chi connectivity index (χ0n) is 20.1. The Morgan fingerprint density at radius 3 is 2.66 bits per heavy atom. The number of H-pyrrole nitrogens is 1. The third-order valence-corrected chi connectivity index (χ3v) is 6.32. The summed E-state index contributed by atoms with van der Waals surface area (Å²) in [5.41, 5.74) is 6.45. The van der Waals surface area contributed by atoms with E-state index in [2.05, 4.69) is 62.9 Å². The first-order chi connectivity index (χ1) is 15.2. The minimum absolute atomic E-state index is 0.0381. The lowest BCUT2D eigenvalue weighted by molar-refractivity contribution is 0.148. The molecule has 1 aromatic carbocycles. The molecular formula is C25H37ClN4O2. The monoisotopic (exact) mass is 460 g/mol. The van der Waals surface area contributed by atoms with Gasteiger partial charge in [-0.3, -0.25) is 9.19 Å². The van der Waals surface area contributed by atoms with E-state index in [1.54, 1.807) is 0 Å². The Bertz CT molecular complexity index is 976. The van der Waals surface area contributed by atoms with Gasteiger partial charge in [0.1, 0.15) is 0 Å². The number of aryl methyl sites for hydroxylation is 1. The summed E-state index contributed by atoms with van der Waals surface area (Å²) in [5.74, 6) is 0. The van der Waals surface area contributed by atoms with E-state index in [9.17, 15) is 4.79 Å². The molecule has 2 heterocycles. The summed E-state index contributed by atoms with van der Waals surface area (Å²) in [6, 6.07) is 6.87. The van der Waals surface area contributed by atoms with E-state index in [4.69, 9.17) is 11.9 Å². The van der Waals surface area contributed by atoms with Crippen molar-refractivity contribution in [3.63, 3.8) is 0 Å². The van der Waals surface area contributed by atoms with E-state index >= 15 is 0 Å². The average molecular weight is 461 g/mol. The van der Waals surface area contributed by atoms with Gasteiger partial charge in [-0.15, -0.1) is 0 Å². The largest absolute Gasteiger partial charge is 0.358 e. The smallest absolute Gasteiger partial charge is 0.315 e. The fraction of sp³-hybridized carbons (Fsp3) is 0.560. The number of fused-ring (bicyclic) bond motifs is 2. The molecule has 0 spiro atoms. The average Bonchev–Trinajstić information content (AvgIpc) is 3.05. The predicted molar refractivity (Wildman–Crippen MR) is 133 cm³/mol. The number of benzene rings is 1. The number of aromatic amines is 1. The number of aromatic nitrogens is 1. The molecule has 0 radical (unpaired) electrons. The maximum atomic E-state index is 12.1. The highest BCUT2D eigenvalue weighted by Crippen LogP contribution is 2.41. The molecule has 1 aliphatic carbocycles. The van der Waals surface area contributed by atoms with Crippen molar-refractivity contribution in [2.45, 2.75) is 72.1 Å². The van der Waals surface area contributed by atoms with Crippen molar-refractivity contribution in [1.29, 1.82) is 0 Å². The molecule has 2 amide bonds. The minimum atomic E-state index is -0.193. The summed E-state index contributed by atoms with van der Waals surface area (Å²) < 4.78 is 4.41. The van der Waals surface area contributed by atoms with Gasteiger partial charge in [0.25, 0.3) is 0 Å². The summed E-state index contributed by atoms with van der Waals surface area (Å²) in [4.78, 5) is 18.1. The van der Waals surface area contributed by atoms with Crippen LogP contribution in [0.15, 0.2) is 24.3 Å². The number of hydrogen-bond donors (Lipinski definition) is 3. The highest BCUT2D eigenvalue weighted by molar-refractivity contribution is 6.07. The fourth-order valence-corrected chi connectivity index (χ4v) is 4.60. The van der Waals surface area contributed by atoms with Crippen LogP contribution in [0.2, 0.25) is 0 Å². The van der Waals surface area contributed by atoms with Gasteiger partial charge in [-0.2, -0.15) is 0 Å². The topological polar surface area (TPSA) is 69.4 Å². The first kappa shape index (κ1) is 24.6. The zero-order valence-corrected chi connectivity index (χ0v) is 20.9. The lowest BCUT2D eigenvalue weighted by Crippen LogP contribution is -2.53. The molecule has 0 bridgehead atoms. The summed E-state index contributed by atoms with van der Waals surface area (Å²) in [6.07, 6.45) is 4.44. The van der Waals surface area contributed by atoms with Crippen LogP contribution in [-0.2, 0) is 10.7 Å². The first-order valence-corrected chi connectivity index (χ1v) is 11.9. The molecule has 2 aromatic rings. The number of nitrogens with one attached hydrogen (secondary N) is 3. The molecule has 0 saturated carbocycles. The number of carbonyl (C=O) groups excluding carboxylic acids is 1. The minimum Gasteiger partial charge on any atom is -0.358 e. The van der Waals surface area contributed by atoms with Gasteiger partial charge < -0.3 is 15.6 Å². The van der Waals surface area contributed by atoms with Gasteiger partial charge in [0.2, 0.25) is 0 Å². The van der Waals surface area contributed by atoms with Crippen molar-refractivity contribution in [2.75, 3.05) is 19.6 Å². The van der Waals surface area contributed by atoms with E-state index < -0.39 is 0 Å². The van der Waals surface area contributed by atoms with Gasteiger partial charge in [0, 0.05) is 35.7 Å². The van der Waals surface area contributed by atoms with Crippen molar-refractivity contribution < 1.29 is 9.08 Å². The molecule has 176 valence electrons. The van der Waals surface area contributed by atoms with Crippen LogP contribution in [0.25, 0.3) is 16.5 Å². The second-order valence-corrected chi connectivity index (χ2v) is 9.75. The Hall–Kier alpha value is -2.02. The van der Waals surface area contributed by atoms with Crippen LogP contribution in [-0.4, -0.2) is 53.2 Å². The molecule has 7 heteroatoms. The van der Waals surface area contributed by atoms with Gasteiger partial charge in [-0.05, 0) is 76.8 Å². The Labute approximate surface area is 196 Å². The van der Waals surface area contributed by atoms with Crippen LogP contribution < -0.4 is 10.6 Å². The second kappa shape index (κ2) is 10.3. The standard InChI is InChI=1S/C21H28N4O.C4H9ClO/c1-4-9-25-12-14(24-21(26)22-5-2)10-17-15-7-6-8-18-20(15)16(11-19(17)25)13(3)23-18;1-4(2,3)6-5/h6-8,10,14,19,23H,4-5,9,11-12H2,1-3H3,(H2,22,24,26);1-3H3/t14-,19+;/m0./s1. The maximum Gasteiger partial charge on any atom is 0.315 e. The van der Waals surface area contributed by atoms with E-state index in [-0.39, 0.29) is 17.7 Å². The molecule has 32 heavy (non-hydrogen) atoms. The Morgan fingerprint density at radius 2 is 2.03 bits per heavy atom. The van der Waals surface area contributed by atoms with Crippen molar-refractivity contribution in [2.24, 2.45) is 0 Å². The Morgan fingerprint density at radius 1 is 1.31 bits per heavy atom. The fourth-order valence-electron chi connectivity index (χ4n) is 4.60. The molecule has 3 N–H and O–H groups in total. The lowest BCUT2D eigenvalue weighted by atomic mass is 9.80. The van der Waals surface area contributed by atoms with Crippen LogP contribution >= 0.6 is 11.9 Å². The number of hydrogen-bond acceptors (Lipinski definition) is 3. The molecule has 0 saturated heterocycles. The van der Waals surface area contributed by atoms with Crippen molar-refractivity contribution >= 4 is 34.4 Å². The van der Waals surface area contributed by atoms with E-state index in [0.29, 0.717) is 12.6 Å². The highest BCUT2D eigenvalue weighted by atomic mass is 35.5. The van der Waals surface area contributed by atoms with Crippen molar-refractivity contribution in [3.05, 3.63) is 41.1 Å². The molecule has 0 unspecified atom stereocenters. The molecule has 2 atom stereocenters. The summed E-state index contributed by atoms with van der Waals surface area (Å²) in [7, 11) is 0. The first-order valence-electron chi connectivity index (χ1n) is 11.6. The van der Waals surface area contributed by atoms with Crippen LogP contribution in [0.5, 0.6) is 0 Å². The zero-order chi connectivity index (χ0) is 23.5. The van der Waals surface area contributed by atoms with E-state index in [0.717, 1.165) is 25.9 Å². The summed E-state index contributed by atoms with van der Waals surface area (Å²) >= 11 is 4.98. The molecule has 6 nitrogen and oxygen atoms in total. The molecule has 4 rings (SSSR count).